The van der Waals surface area contributed by atoms with Crippen molar-refractivity contribution in [1.82, 2.24) is 5.32 Å². The summed E-state index contributed by atoms with van der Waals surface area (Å²) in [6.45, 7) is 4.22. The Balaban J connectivity index is 1.98. The van der Waals surface area contributed by atoms with E-state index in [-0.39, 0.29) is 18.5 Å². The summed E-state index contributed by atoms with van der Waals surface area (Å²) < 4.78 is 16.7. The van der Waals surface area contributed by atoms with Crippen molar-refractivity contribution in [3.63, 3.8) is 0 Å². The number of allylic oxidation sites excluding steroid dienone is 11. The van der Waals surface area contributed by atoms with Gasteiger partial charge in [0, 0.05) is 12.8 Å². The second-order valence-electron chi connectivity index (χ2n) is 22.1. The van der Waals surface area contributed by atoms with Crippen molar-refractivity contribution < 1.29 is 49.3 Å². The highest BCUT2D eigenvalue weighted by Crippen LogP contribution is 2.23. The maximum absolute atomic E-state index is 13.0. The van der Waals surface area contributed by atoms with Crippen molar-refractivity contribution in [1.29, 1.82) is 0 Å². The number of amides is 1. The fourth-order valence-corrected chi connectivity index (χ4v) is 9.61. The number of aliphatic hydroxyl groups excluding tert-OH is 5. The van der Waals surface area contributed by atoms with Crippen molar-refractivity contribution in [3.8, 4) is 0 Å². The molecule has 0 aromatic rings. The molecule has 1 aliphatic rings. The molecule has 0 spiro atoms. The van der Waals surface area contributed by atoms with Gasteiger partial charge in [0.15, 0.2) is 6.29 Å². The molecule has 11 heteroatoms. The molecule has 1 saturated heterocycles. The molecule has 0 saturated carbocycles. The topological polar surface area (TPSA) is 175 Å². The van der Waals surface area contributed by atoms with Gasteiger partial charge in [-0.1, -0.05) is 234 Å². The Labute approximate surface area is 477 Å². The highest BCUT2D eigenvalue weighted by Gasteiger charge is 2.44. The molecule has 78 heavy (non-hydrogen) atoms. The number of rotatable bonds is 55. The summed E-state index contributed by atoms with van der Waals surface area (Å²) in [6, 6.07) is -0.830. The summed E-state index contributed by atoms with van der Waals surface area (Å²) in [5, 5.41) is 54.2. The fraction of sp³-hybridized carbons (Fsp3) is 0.791. The molecule has 6 N–H and O–H groups in total. The normalized spacial score (nSPS) is 19.0. The third-order valence-electron chi connectivity index (χ3n) is 14.8. The number of nitrogens with one attached hydrogen (secondary N) is 1. The van der Waals surface area contributed by atoms with E-state index in [2.05, 4.69) is 79.9 Å². The Morgan fingerprint density at radius 3 is 1.38 bits per heavy atom. The largest absolute Gasteiger partial charge is 0.466 e. The van der Waals surface area contributed by atoms with Crippen LogP contribution in [0.3, 0.4) is 0 Å². The number of aliphatic hydroxyl groups is 5. The van der Waals surface area contributed by atoms with Crippen LogP contribution in [0.1, 0.15) is 277 Å². The minimum atomic E-state index is -1.58. The lowest BCUT2D eigenvalue weighted by Crippen LogP contribution is -2.60. The number of esters is 1. The van der Waals surface area contributed by atoms with Gasteiger partial charge < -0.3 is 45.1 Å². The Hall–Kier alpha value is -2.90. The highest BCUT2D eigenvalue weighted by atomic mass is 16.7. The van der Waals surface area contributed by atoms with Crippen molar-refractivity contribution in [2.45, 2.75) is 320 Å². The van der Waals surface area contributed by atoms with Crippen LogP contribution in [-0.2, 0) is 23.8 Å². The lowest BCUT2D eigenvalue weighted by atomic mass is 9.99. The standard InChI is InChI=1S/C67H119NO10/c1-3-5-7-9-11-13-14-15-32-35-39-43-47-51-55-63(72)76-56-52-48-44-40-36-33-30-28-26-24-22-20-18-16-17-19-21-23-25-27-29-31-34-38-42-46-50-54-62(71)68-59(60(70)53-49-45-41-37-12-10-8-6-4-2)58-77-67-66(75)65(74)64(73)61(57-69)78-67/h9,11-12,14-17,20,22,37,49,53,59-61,64-67,69-70,73-75H,3-8,10,13,18-19,21,23-36,38-48,50-52,54-58H2,1-2H3,(H,68,71)/b11-9-,15-14-,17-16-,22-20-,37-12+,53-49+. The molecule has 1 rings (SSSR count). The SMILES string of the molecule is CCCC/C=C\C/C=C\CCCCCCCC(=O)OCCCCCCCCCCC/C=C\C/C=C\CCCCCCCCCCCCCC(=O)NC(COC1OC(CO)C(O)C(O)C1O)C(O)/C=C/CC/C=C/CCCCC. The second kappa shape index (κ2) is 56.0. The van der Waals surface area contributed by atoms with E-state index in [1.54, 1.807) is 6.08 Å². The molecule has 452 valence electrons. The number of unbranched alkanes of at least 4 members (excludes halogenated alkanes) is 31. The molecule has 1 aliphatic heterocycles. The Bertz CT molecular complexity index is 1520. The van der Waals surface area contributed by atoms with Gasteiger partial charge in [0.25, 0.3) is 0 Å². The molecule has 0 aliphatic carbocycles. The van der Waals surface area contributed by atoms with Gasteiger partial charge in [-0.15, -0.1) is 0 Å². The van der Waals surface area contributed by atoms with E-state index >= 15 is 0 Å². The first-order valence-corrected chi connectivity index (χ1v) is 32.2. The zero-order chi connectivity index (χ0) is 56.6. The molecule has 11 nitrogen and oxygen atoms in total. The van der Waals surface area contributed by atoms with Crippen molar-refractivity contribution in [2.24, 2.45) is 0 Å². The van der Waals surface area contributed by atoms with E-state index in [1.165, 1.54) is 161 Å². The van der Waals surface area contributed by atoms with E-state index in [4.69, 9.17) is 14.2 Å². The average molecular weight is 1100 g/mol. The maximum atomic E-state index is 13.0. The van der Waals surface area contributed by atoms with Gasteiger partial charge in [0.1, 0.15) is 24.4 Å². The number of hydrogen-bond donors (Lipinski definition) is 6. The molecule has 1 fully saturated rings. The first-order chi connectivity index (χ1) is 38.2. The van der Waals surface area contributed by atoms with Gasteiger partial charge in [-0.3, -0.25) is 9.59 Å². The van der Waals surface area contributed by atoms with Gasteiger partial charge in [-0.25, -0.2) is 0 Å². The number of carbonyl (C=O) groups excluding carboxylic acids is 2. The minimum Gasteiger partial charge on any atom is -0.466 e. The smallest absolute Gasteiger partial charge is 0.305 e. The van der Waals surface area contributed by atoms with Crippen LogP contribution in [0.5, 0.6) is 0 Å². The molecule has 0 aromatic heterocycles. The molecular formula is C67H119NO10. The summed E-state index contributed by atoms with van der Waals surface area (Å²) in [5.41, 5.74) is 0. The van der Waals surface area contributed by atoms with Crippen molar-refractivity contribution in [2.75, 3.05) is 19.8 Å². The van der Waals surface area contributed by atoms with E-state index < -0.39 is 49.5 Å². The predicted molar refractivity (Wildman–Crippen MR) is 324 cm³/mol. The van der Waals surface area contributed by atoms with Gasteiger partial charge in [0.05, 0.1) is 32.0 Å². The molecule has 1 heterocycles. The van der Waals surface area contributed by atoms with Gasteiger partial charge >= 0.3 is 5.97 Å². The van der Waals surface area contributed by atoms with Crippen LogP contribution in [-0.4, -0.2) is 100 Å². The zero-order valence-electron chi connectivity index (χ0n) is 49.9. The van der Waals surface area contributed by atoms with Crippen LogP contribution in [0, 0.1) is 0 Å². The Morgan fingerprint density at radius 2 is 0.885 bits per heavy atom. The summed E-state index contributed by atoms with van der Waals surface area (Å²) in [4.78, 5) is 25.0. The summed E-state index contributed by atoms with van der Waals surface area (Å²) in [5.74, 6) is -0.214. The van der Waals surface area contributed by atoms with Crippen molar-refractivity contribution in [3.05, 3.63) is 72.9 Å². The van der Waals surface area contributed by atoms with Crippen LogP contribution in [0.4, 0.5) is 0 Å². The van der Waals surface area contributed by atoms with E-state index in [9.17, 15) is 35.1 Å². The Morgan fingerprint density at radius 1 is 0.474 bits per heavy atom. The van der Waals surface area contributed by atoms with Crippen LogP contribution in [0.15, 0.2) is 72.9 Å². The highest BCUT2D eigenvalue weighted by molar-refractivity contribution is 5.76. The van der Waals surface area contributed by atoms with Gasteiger partial charge in [-0.05, 0) is 103 Å². The number of carbonyl (C=O) groups is 2. The molecule has 7 unspecified atom stereocenters. The van der Waals surface area contributed by atoms with Crippen LogP contribution < -0.4 is 5.32 Å². The molecule has 0 radical (unpaired) electrons. The maximum Gasteiger partial charge on any atom is 0.305 e. The number of hydrogen-bond acceptors (Lipinski definition) is 10. The molecule has 1 amide bonds. The van der Waals surface area contributed by atoms with Gasteiger partial charge in [-0.2, -0.15) is 0 Å². The average Bonchev–Trinajstić information content (AvgIpc) is 3.44. The first-order valence-electron chi connectivity index (χ1n) is 32.2. The van der Waals surface area contributed by atoms with Crippen LogP contribution in [0.2, 0.25) is 0 Å². The summed E-state index contributed by atoms with van der Waals surface area (Å²) in [6.07, 6.45) is 64.6. The van der Waals surface area contributed by atoms with E-state index in [0.717, 1.165) is 89.9 Å². The molecule has 0 bridgehead atoms. The van der Waals surface area contributed by atoms with E-state index in [1.807, 2.05) is 6.08 Å². The second-order valence-corrected chi connectivity index (χ2v) is 22.1. The van der Waals surface area contributed by atoms with Crippen LogP contribution >= 0.6 is 0 Å². The quantitative estimate of drug-likeness (QED) is 0.0195. The first kappa shape index (κ1) is 73.1. The number of ether oxygens (including phenoxy) is 3. The third kappa shape index (κ3) is 44.8. The monoisotopic (exact) mass is 1100 g/mol. The molecular weight excluding hydrogens is 979 g/mol. The predicted octanol–water partition coefficient (Wildman–Crippen LogP) is 15.6. The summed E-state index contributed by atoms with van der Waals surface area (Å²) >= 11 is 0. The fourth-order valence-electron chi connectivity index (χ4n) is 9.61. The van der Waals surface area contributed by atoms with Crippen molar-refractivity contribution >= 4 is 11.9 Å². The lowest BCUT2D eigenvalue weighted by molar-refractivity contribution is -0.302. The van der Waals surface area contributed by atoms with Crippen LogP contribution in [0.25, 0.3) is 0 Å². The zero-order valence-corrected chi connectivity index (χ0v) is 49.9. The third-order valence-corrected chi connectivity index (χ3v) is 14.8. The lowest BCUT2D eigenvalue weighted by Gasteiger charge is -2.40. The Kier molecular flexibility index (Phi) is 52.5. The summed E-state index contributed by atoms with van der Waals surface area (Å²) in [7, 11) is 0. The van der Waals surface area contributed by atoms with E-state index in [0.29, 0.717) is 19.4 Å². The molecule has 0 aromatic carbocycles. The minimum absolute atomic E-state index is 0.0148. The molecule has 7 atom stereocenters. The van der Waals surface area contributed by atoms with Gasteiger partial charge in [0.2, 0.25) is 5.91 Å².